The lowest BCUT2D eigenvalue weighted by Gasteiger charge is -2.26. The predicted octanol–water partition coefficient (Wildman–Crippen LogP) is 3.30. The van der Waals surface area contributed by atoms with E-state index in [2.05, 4.69) is 0 Å². The number of ketones is 1. The van der Waals surface area contributed by atoms with Crippen LogP contribution in [0.3, 0.4) is 0 Å². The van der Waals surface area contributed by atoms with Gasteiger partial charge in [0.05, 0.1) is 18.7 Å². The number of aliphatic hydroxyl groups is 1. The summed E-state index contributed by atoms with van der Waals surface area (Å²) >= 11 is 0. The molecule has 1 fully saturated rings. The van der Waals surface area contributed by atoms with Crippen LogP contribution in [0.4, 0.5) is 0 Å². The topological polar surface area (TPSA) is 70.1 Å². The molecule has 6 nitrogen and oxygen atoms in total. The van der Waals surface area contributed by atoms with Crippen LogP contribution >= 0.6 is 0 Å². The van der Waals surface area contributed by atoms with Gasteiger partial charge in [-0.25, -0.2) is 0 Å². The quantitative estimate of drug-likeness (QED) is 0.451. The smallest absolute Gasteiger partial charge is 0.295 e. The Bertz CT molecular complexity index is 993. The number of rotatable bonds is 6. The third-order valence-corrected chi connectivity index (χ3v) is 5.39. The van der Waals surface area contributed by atoms with Crippen molar-refractivity contribution in [1.82, 2.24) is 9.80 Å². The predicted molar refractivity (Wildman–Crippen MR) is 116 cm³/mol. The zero-order valence-corrected chi connectivity index (χ0v) is 18.1. The number of aryl methyl sites for hydroxylation is 2. The minimum Gasteiger partial charge on any atom is -0.507 e. The van der Waals surface area contributed by atoms with Crippen LogP contribution in [0, 0.1) is 13.8 Å². The number of methoxy groups -OCH3 is 1. The SMILES string of the molecule is COc1ccc(/C(O)=C2\C(=O)C(=O)N(CCN(C)C)[C@@H]2c2ccc(C)cc2)cc1C. The summed E-state index contributed by atoms with van der Waals surface area (Å²) < 4.78 is 5.28. The van der Waals surface area contributed by atoms with E-state index < -0.39 is 17.7 Å². The highest BCUT2D eigenvalue weighted by atomic mass is 16.5. The molecule has 1 amide bonds. The first-order chi connectivity index (χ1) is 14.2. The molecule has 0 bridgehead atoms. The number of carbonyl (C=O) groups excluding carboxylic acids is 2. The Morgan fingerprint density at radius 3 is 2.33 bits per heavy atom. The van der Waals surface area contributed by atoms with Gasteiger partial charge in [-0.2, -0.15) is 0 Å². The van der Waals surface area contributed by atoms with Crippen molar-refractivity contribution < 1.29 is 19.4 Å². The van der Waals surface area contributed by atoms with E-state index in [1.807, 2.05) is 57.1 Å². The average molecular weight is 408 g/mol. The fraction of sp³-hybridized carbons (Fsp3) is 0.333. The molecule has 1 aliphatic heterocycles. The first kappa shape index (κ1) is 21.6. The normalized spacial score (nSPS) is 18.3. The summed E-state index contributed by atoms with van der Waals surface area (Å²) in [6.45, 7) is 4.83. The molecule has 6 heteroatoms. The van der Waals surface area contributed by atoms with Crippen molar-refractivity contribution in [3.63, 3.8) is 0 Å². The van der Waals surface area contributed by atoms with Gasteiger partial charge in [-0.1, -0.05) is 29.8 Å². The van der Waals surface area contributed by atoms with E-state index in [0.717, 1.165) is 16.7 Å². The highest BCUT2D eigenvalue weighted by Crippen LogP contribution is 2.39. The fourth-order valence-electron chi connectivity index (χ4n) is 3.69. The van der Waals surface area contributed by atoms with Crippen LogP contribution in [0.1, 0.15) is 28.3 Å². The molecule has 1 saturated heterocycles. The van der Waals surface area contributed by atoms with Crippen LogP contribution < -0.4 is 4.74 Å². The molecule has 1 aliphatic rings. The highest BCUT2D eigenvalue weighted by molar-refractivity contribution is 6.46. The van der Waals surface area contributed by atoms with Gasteiger partial charge in [-0.05, 0) is 57.3 Å². The van der Waals surface area contributed by atoms with Gasteiger partial charge in [0, 0.05) is 18.7 Å². The molecule has 0 saturated carbocycles. The summed E-state index contributed by atoms with van der Waals surface area (Å²) in [6.07, 6.45) is 0. The van der Waals surface area contributed by atoms with Crippen LogP contribution in [-0.2, 0) is 9.59 Å². The van der Waals surface area contributed by atoms with Crippen LogP contribution in [0.15, 0.2) is 48.0 Å². The number of carbonyl (C=O) groups is 2. The number of nitrogens with zero attached hydrogens (tertiary/aromatic N) is 2. The monoisotopic (exact) mass is 408 g/mol. The van der Waals surface area contributed by atoms with Crippen molar-refractivity contribution in [2.75, 3.05) is 34.3 Å². The van der Waals surface area contributed by atoms with Crippen molar-refractivity contribution in [3.05, 3.63) is 70.3 Å². The van der Waals surface area contributed by atoms with Gasteiger partial charge < -0.3 is 19.6 Å². The molecule has 0 unspecified atom stereocenters. The number of likely N-dealkylation sites (tertiary alicyclic amines) is 1. The van der Waals surface area contributed by atoms with Gasteiger partial charge in [-0.15, -0.1) is 0 Å². The number of Topliss-reactive ketones (excluding diaryl/α,β-unsaturated/α-hetero) is 1. The summed E-state index contributed by atoms with van der Waals surface area (Å²) in [7, 11) is 5.41. The second kappa shape index (κ2) is 8.71. The number of amides is 1. The average Bonchev–Trinajstić information content (AvgIpc) is 2.96. The van der Waals surface area contributed by atoms with E-state index in [1.165, 1.54) is 0 Å². The van der Waals surface area contributed by atoms with E-state index in [-0.39, 0.29) is 11.3 Å². The summed E-state index contributed by atoms with van der Waals surface area (Å²) in [5.74, 6) is -0.732. The number of likely N-dealkylation sites (N-methyl/N-ethyl adjacent to an activating group) is 1. The number of hydrogen-bond acceptors (Lipinski definition) is 5. The van der Waals surface area contributed by atoms with Gasteiger partial charge in [0.2, 0.25) is 0 Å². The molecule has 1 atom stereocenters. The third-order valence-electron chi connectivity index (χ3n) is 5.39. The molecule has 30 heavy (non-hydrogen) atoms. The summed E-state index contributed by atoms with van der Waals surface area (Å²) in [5.41, 5.74) is 3.30. The zero-order chi connectivity index (χ0) is 22.0. The largest absolute Gasteiger partial charge is 0.507 e. The molecular weight excluding hydrogens is 380 g/mol. The van der Waals surface area contributed by atoms with E-state index >= 15 is 0 Å². The molecular formula is C24H28N2O4. The maximum absolute atomic E-state index is 13.0. The highest BCUT2D eigenvalue weighted by Gasteiger charge is 2.45. The summed E-state index contributed by atoms with van der Waals surface area (Å²) in [6, 6.07) is 12.3. The van der Waals surface area contributed by atoms with Gasteiger partial charge in [-0.3, -0.25) is 9.59 Å². The molecule has 0 aromatic heterocycles. The zero-order valence-electron chi connectivity index (χ0n) is 18.1. The molecule has 2 aromatic carbocycles. The second-order valence-electron chi connectivity index (χ2n) is 7.89. The van der Waals surface area contributed by atoms with Gasteiger partial charge in [0.1, 0.15) is 11.5 Å². The standard InChI is InChI=1S/C24H28N2O4/c1-15-6-8-17(9-7-15)21-20(23(28)24(29)26(21)13-12-25(3)4)22(27)18-10-11-19(30-5)16(2)14-18/h6-11,14,21,27H,12-13H2,1-5H3/b22-20+/t21-/m1/s1. The fourth-order valence-corrected chi connectivity index (χ4v) is 3.69. The molecule has 0 aliphatic carbocycles. The van der Waals surface area contributed by atoms with Crippen LogP contribution in [0.5, 0.6) is 5.75 Å². The minimum atomic E-state index is -0.662. The van der Waals surface area contributed by atoms with Gasteiger partial charge in [0.25, 0.3) is 11.7 Å². The maximum atomic E-state index is 13.0. The Labute approximate surface area is 177 Å². The number of ether oxygens (including phenoxy) is 1. The molecule has 2 aromatic rings. The lowest BCUT2D eigenvalue weighted by atomic mass is 9.94. The molecule has 3 rings (SSSR count). The van der Waals surface area contributed by atoms with Gasteiger partial charge in [0.15, 0.2) is 0 Å². The maximum Gasteiger partial charge on any atom is 0.295 e. The Kier molecular flexibility index (Phi) is 6.27. The molecule has 1 N–H and O–H groups in total. The minimum absolute atomic E-state index is 0.118. The van der Waals surface area contributed by atoms with Crippen LogP contribution in [-0.4, -0.2) is 60.9 Å². The van der Waals surface area contributed by atoms with Crippen molar-refractivity contribution in [2.45, 2.75) is 19.9 Å². The Balaban J connectivity index is 2.14. The van der Waals surface area contributed by atoms with Gasteiger partial charge >= 0.3 is 0 Å². The van der Waals surface area contributed by atoms with Crippen LogP contribution in [0.2, 0.25) is 0 Å². The first-order valence-corrected chi connectivity index (χ1v) is 9.89. The number of benzene rings is 2. The van der Waals surface area contributed by atoms with Crippen molar-refractivity contribution in [3.8, 4) is 5.75 Å². The summed E-state index contributed by atoms with van der Waals surface area (Å²) in [4.78, 5) is 29.4. The lowest BCUT2D eigenvalue weighted by molar-refractivity contribution is -0.140. The molecule has 0 spiro atoms. The van der Waals surface area contributed by atoms with Crippen molar-refractivity contribution in [1.29, 1.82) is 0 Å². The van der Waals surface area contributed by atoms with E-state index in [1.54, 1.807) is 30.2 Å². The third kappa shape index (κ3) is 4.09. The van der Waals surface area contributed by atoms with E-state index in [4.69, 9.17) is 4.74 Å². The molecule has 1 heterocycles. The lowest BCUT2D eigenvalue weighted by Crippen LogP contribution is -2.35. The number of hydrogen-bond donors (Lipinski definition) is 1. The van der Waals surface area contributed by atoms with Crippen molar-refractivity contribution in [2.24, 2.45) is 0 Å². The Morgan fingerprint density at radius 1 is 1.10 bits per heavy atom. The van der Waals surface area contributed by atoms with Crippen LogP contribution in [0.25, 0.3) is 5.76 Å². The Hall–Kier alpha value is -3.12. The first-order valence-electron chi connectivity index (χ1n) is 9.89. The summed E-state index contributed by atoms with van der Waals surface area (Å²) in [5, 5.41) is 11.1. The van der Waals surface area contributed by atoms with E-state index in [0.29, 0.717) is 24.4 Å². The van der Waals surface area contributed by atoms with Crippen molar-refractivity contribution >= 4 is 17.4 Å². The molecule has 158 valence electrons. The molecule has 0 radical (unpaired) electrons. The Morgan fingerprint density at radius 2 is 1.77 bits per heavy atom. The number of aliphatic hydroxyl groups excluding tert-OH is 1. The van der Waals surface area contributed by atoms with E-state index in [9.17, 15) is 14.7 Å². The second-order valence-corrected chi connectivity index (χ2v) is 7.89.